The van der Waals surface area contributed by atoms with Gasteiger partial charge < -0.3 is 10.1 Å². The molecular formula is C10H23NO. The van der Waals surface area contributed by atoms with Gasteiger partial charge in [0.2, 0.25) is 0 Å². The van der Waals surface area contributed by atoms with Gasteiger partial charge in [-0.3, -0.25) is 0 Å². The van der Waals surface area contributed by atoms with Crippen molar-refractivity contribution in [2.45, 2.75) is 39.0 Å². The summed E-state index contributed by atoms with van der Waals surface area (Å²) in [4.78, 5) is 0. The minimum atomic E-state index is 0.910. The Bertz CT molecular complexity index is 66.2. The lowest BCUT2D eigenvalue weighted by atomic mass is 10.2. The minimum Gasteiger partial charge on any atom is -0.381 e. The van der Waals surface area contributed by atoms with Crippen LogP contribution in [0.5, 0.6) is 0 Å². The molecule has 0 aliphatic rings. The van der Waals surface area contributed by atoms with Crippen molar-refractivity contribution in [2.75, 3.05) is 26.8 Å². The van der Waals surface area contributed by atoms with Gasteiger partial charge in [-0.15, -0.1) is 0 Å². The van der Waals surface area contributed by atoms with Gasteiger partial charge in [0.05, 0.1) is 0 Å². The van der Waals surface area contributed by atoms with Crippen LogP contribution in [0.3, 0.4) is 0 Å². The highest BCUT2D eigenvalue weighted by Crippen LogP contribution is 1.98. The van der Waals surface area contributed by atoms with Gasteiger partial charge in [-0.1, -0.05) is 26.2 Å². The van der Waals surface area contributed by atoms with E-state index in [1.807, 2.05) is 7.05 Å². The van der Waals surface area contributed by atoms with Crippen LogP contribution in [0.2, 0.25) is 0 Å². The third kappa shape index (κ3) is 9.92. The molecule has 0 atom stereocenters. The summed E-state index contributed by atoms with van der Waals surface area (Å²) in [6.07, 6.45) is 6.33. The van der Waals surface area contributed by atoms with Gasteiger partial charge in [0.15, 0.2) is 0 Å². The molecule has 12 heavy (non-hydrogen) atoms. The highest BCUT2D eigenvalue weighted by molar-refractivity contribution is 4.42. The summed E-state index contributed by atoms with van der Waals surface area (Å²) < 4.78 is 5.44. The second-order valence-corrected chi connectivity index (χ2v) is 3.13. The Labute approximate surface area is 76.7 Å². The zero-order chi connectivity index (χ0) is 9.07. The first kappa shape index (κ1) is 11.9. The SMILES string of the molecule is CCCCCCOCCCNC. The molecule has 0 aromatic rings. The second-order valence-electron chi connectivity index (χ2n) is 3.13. The fourth-order valence-electron chi connectivity index (χ4n) is 1.08. The minimum absolute atomic E-state index is 0.910. The number of rotatable bonds is 9. The molecule has 0 aromatic heterocycles. The Morgan fingerprint density at radius 2 is 1.75 bits per heavy atom. The fraction of sp³-hybridized carbons (Fsp3) is 1.00. The summed E-state index contributed by atoms with van der Waals surface area (Å²) in [7, 11) is 1.97. The average Bonchev–Trinajstić information content (AvgIpc) is 2.10. The van der Waals surface area contributed by atoms with E-state index in [9.17, 15) is 0 Å². The normalized spacial score (nSPS) is 10.5. The molecule has 0 aliphatic heterocycles. The van der Waals surface area contributed by atoms with Crippen molar-refractivity contribution in [3.8, 4) is 0 Å². The van der Waals surface area contributed by atoms with E-state index in [0.29, 0.717) is 0 Å². The van der Waals surface area contributed by atoms with E-state index in [1.54, 1.807) is 0 Å². The lowest BCUT2D eigenvalue weighted by Crippen LogP contribution is -2.10. The maximum Gasteiger partial charge on any atom is 0.0478 e. The largest absolute Gasteiger partial charge is 0.381 e. The van der Waals surface area contributed by atoms with Crippen molar-refractivity contribution in [3.05, 3.63) is 0 Å². The maximum absolute atomic E-state index is 5.44. The summed E-state index contributed by atoms with van der Waals surface area (Å²) in [6, 6.07) is 0. The van der Waals surface area contributed by atoms with Gasteiger partial charge in [-0.2, -0.15) is 0 Å². The first-order valence-corrected chi connectivity index (χ1v) is 5.14. The van der Waals surface area contributed by atoms with Gasteiger partial charge in [-0.05, 0) is 26.4 Å². The van der Waals surface area contributed by atoms with Gasteiger partial charge in [0.1, 0.15) is 0 Å². The lowest BCUT2D eigenvalue weighted by Gasteiger charge is -2.02. The number of nitrogens with one attached hydrogen (secondary N) is 1. The van der Waals surface area contributed by atoms with Gasteiger partial charge in [0, 0.05) is 13.2 Å². The van der Waals surface area contributed by atoms with Crippen molar-refractivity contribution < 1.29 is 4.74 Å². The standard InChI is InChI=1S/C10H23NO/c1-3-4-5-6-9-12-10-7-8-11-2/h11H,3-10H2,1-2H3. The van der Waals surface area contributed by atoms with E-state index in [-0.39, 0.29) is 0 Å². The Hall–Kier alpha value is -0.0800. The van der Waals surface area contributed by atoms with E-state index in [2.05, 4.69) is 12.2 Å². The van der Waals surface area contributed by atoms with Gasteiger partial charge in [0.25, 0.3) is 0 Å². The van der Waals surface area contributed by atoms with Gasteiger partial charge >= 0.3 is 0 Å². The summed E-state index contributed by atoms with van der Waals surface area (Å²) in [5.74, 6) is 0. The summed E-state index contributed by atoms with van der Waals surface area (Å²) in [5.41, 5.74) is 0. The van der Waals surface area contributed by atoms with Crippen LogP contribution >= 0.6 is 0 Å². The number of hydrogen-bond acceptors (Lipinski definition) is 2. The van der Waals surface area contributed by atoms with Crippen LogP contribution in [-0.4, -0.2) is 26.8 Å². The molecule has 0 saturated heterocycles. The molecule has 0 fully saturated rings. The van der Waals surface area contributed by atoms with E-state index in [4.69, 9.17) is 4.74 Å². The van der Waals surface area contributed by atoms with Crippen molar-refractivity contribution >= 4 is 0 Å². The molecule has 2 heteroatoms. The predicted molar refractivity (Wildman–Crippen MR) is 53.5 cm³/mol. The maximum atomic E-state index is 5.44. The lowest BCUT2D eigenvalue weighted by molar-refractivity contribution is 0.128. The van der Waals surface area contributed by atoms with Crippen LogP contribution in [0.25, 0.3) is 0 Å². The van der Waals surface area contributed by atoms with Crippen molar-refractivity contribution in [1.82, 2.24) is 5.32 Å². The Balaban J connectivity index is 2.73. The fourth-order valence-corrected chi connectivity index (χ4v) is 1.08. The summed E-state index contributed by atoms with van der Waals surface area (Å²) in [6.45, 7) is 5.15. The van der Waals surface area contributed by atoms with Crippen molar-refractivity contribution in [2.24, 2.45) is 0 Å². The average molecular weight is 173 g/mol. The van der Waals surface area contributed by atoms with Crippen LogP contribution in [0.4, 0.5) is 0 Å². The van der Waals surface area contributed by atoms with Crippen LogP contribution in [0.1, 0.15) is 39.0 Å². The van der Waals surface area contributed by atoms with Crippen molar-refractivity contribution in [1.29, 1.82) is 0 Å². The van der Waals surface area contributed by atoms with Crippen LogP contribution in [-0.2, 0) is 4.74 Å². The Morgan fingerprint density at radius 1 is 1.00 bits per heavy atom. The van der Waals surface area contributed by atoms with Gasteiger partial charge in [-0.25, -0.2) is 0 Å². The third-order valence-electron chi connectivity index (χ3n) is 1.86. The number of hydrogen-bond donors (Lipinski definition) is 1. The molecule has 0 spiro atoms. The monoisotopic (exact) mass is 173 g/mol. The molecule has 2 nitrogen and oxygen atoms in total. The second kappa shape index (κ2) is 10.9. The molecule has 0 aliphatic carbocycles. The first-order chi connectivity index (χ1) is 5.91. The molecule has 0 aromatic carbocycles. The molecule has 1 N–H and O–H groups in total. The zero-order valence-electron chi connectivity index (χ0n) is 8.57. The van der Waals surface area contributed by atoms with Crippen LogP contribution in [0, 0.1) is 0 Å². The molecule has 0 saturated carbocycles. The van der Waals surface area contributed by atoms with E-state index < -0.39 is 0 Å². The van der Waals surface area contributed by atoms with Crippen LogP contribution in [0.15, 0.2) is 0 Å². The third-order valence-corrected chi connectivity index (χ3v) is 1.86. The molecule has 0 heterocycles. The zero-order valence-corrected chi connectivity index (χ0v) is 8.57. The highest BCUT2D eigenvalue weighted by Gasteiger charge is 1.89. The predicted octanol–water partition coefficient (Wildman–Crippen LogP) is 2.19. The molecule has 74 valence electrons. The molecule has 0 unspecified atom stereocenters. The highest BCUT2D eigenvalue weighted by atomic mass is 16.5. The molecule has 0 bridgehead atoms. The molecule has 0 radical (unpaired) electrons. The molecule has 0 amide bonds. The Kier molecular flexibility index (Phi) is 10.8. The van der Waals surface area contributed by atoms with Crippen molar-refractivity contribution in [3.63, 3.8) is 0 Å². The quantitative estimate of drug-likeness (QED) is 0.540. The van der Waals surface area contributed by atoms with E-state index in [1.165, 1.54) is 25.7 Å². The Morgan fingerprint density at radius 3 is 2.42 bits per heavy atom. The molecular weight excluding hydrogens is 150 g/mol. The topological polar surface area (TPSA) is 21.3 Å². The summed E-state index contributed by atoms with van der Waals surface area (Å²) >= 11 is 0. The van der Waals surface area contributed by atoms with E-state index >= 15 is 0 Å². The van der Waals surface area contributed by atoms with E-state index in [0.717, 1.165) is 26.2 Å². The summed E-state index contributed by atoms with van der Waals surface area (Å²) in [5, 5.41) is 3.10. The number of ether oxygens (including phenoxy) is 1. The van der Waals surface area contributed by atoms with Crippen LogP contribution < -0.4 is 5.32 Å². The molecule has 0 rings (SSSR count). The number of unbranched alkanes of at least 4 members (excludes halogenated alkanes) is 3. The smallest absolute Gasteiger partial charge is 0.0478 e. The first-order valence-electron chi connectivity index (χ1n) is 5.14.